The first kappa shape index (κ1) is 19.0. The molecule has 2 heterocycles. The summed E-state index contributed by atoms with van der Waals surface area (Å²) in [6.45, 7) is 14.5. The molecule has 130 valence electrons. The van der Waals surface area contributed by atoms with Gasteiger partial charge < -0.3 is 13.9 Å². The van der Waals surface area contributed by atoms with E-state index in [9.17, 15) is 0 Å². The van der Waals surface area contributed by atoms with E-state index in [4.69, 9.17) is 13.9 Å². The van der Waals surface area contributed by atoms with E-state index in [1.807, 2.05) is 0 Å². The van der Waals surface area contributed by atoms with Crippen LogP contribution >= 0.6 is 27.3 Å². The van der Waals surface area contributed by atoms with E-state index in [0.29, 0.717) is 23.2 Å². The molecule has 3 nitrogen and oxygen atoms in total. The van der Waals surface area contributed by atoms with Gasteiger partial charge in [-0.1, -0.05) is 41.5 Å². The molecule has 0 aliphatic carbocycles. The lowest BCUT2D eigenvalue weighted by Crippen LogP contribution is -2.47. The summed E-state index contributed by atoms with van der Waals surface area (Å²) in [5, 5.41) is 0. The molecular formula is C17H27BrO3SSi. The van der Waals surface area contributed by atoms with Crippen LogP contribution in [0.4, 0.5) is 0 Å². The third-order valence-corrected chi connectivity index (χ3v) is 12.8. The van der Waals surface area contributed by atoms with Crippen LogP contribution in [0.2, 0.25) is 16.6 Å². The first-order valence-corrected chi connectivity index (χ1v) is 11.9. The quantitative estimate of drug-likeness (QED) is 0.459. The van der Waals surface area contributed by atoms with E-state index >= 15 is 0 Å². The van der Waals surface area contributed by atoms with Crippen molar-refractivity contribution < 1.29 is 13.9 Å². The number of ether oxygens (including phenoxy) is 2. The van der Waals surface area contributed by atoms with Crippen molar-refractivity contribution in [3.8, 4) is 0 Å². The van der Waals surface area contributed by atoms with E-state index in [0.717, 1.165) is 9.35 Å². The predicted octanol–water partition coefficient (Wildman–Crippen LogP) is 6.72. The van der Waals surface area contributed by atoms with Crippen LogP contribution in [-0.2, 0) is 20.5 Å². The van der Waals surface area contributed by atoms with Crippen LogP contribution in [0.25, 0.3) is 0 Å². The van der Waals surface area contributed by atoms with Crippen molar-refractivity contribution >= 4 is 35.6 Å². The topological polar surface area (TPSA) is 27.7 Å². The lowest BCUT2D eigenvalue weighted by atomic mass is 10.4. The van der Waals surface area contributed by atoms with Crippen LogP contribution in [-0.4, -0.2) is 8.32 Å². The van der Waals surface area contributed by atoms with Gasteiger partial charge in [-0.15, -0.1) is 11.3 Å². The Morgan fingerprint density at radius 1 is 1.09 bits per heavy atom. The second kappa shape index (κ2) is 7.72. The number of thiophene rings is 1. The standard InChI is InChI=1S/C17H27BrO3SSi/c1-11(2)23(12(3)4,13(5)6)21-10-16-14(18)9-15(22-16)17-19-7-8-20-17/h7-9,11-13,17H,10H2,1-6H3. The highest BCUT2D eigenvalue weighted by Gasteiger charge is 2.45. The second-order valence-electron chi connectivity index (χ2n) is 6.90. The third-order valence-electron chi connectivity index (χ3n) is 4.63. The van der Waals surface area contributed by atoms with Gasteiger partial charge in [-0.25, -0.2) is 0 Å². The van der Waals surface area contributed by atoms with Crippen molar-refractivity contribution in [2.45, 2.75) is 71.1 Å². The van der Waals surface area contributed by atoms with Crippen molar-refractivity contribution in [1.29, 1.82) is 0 Å². The second-order valence-corrected chi connectivity index (χ2v) is 14.4. The molecule has 0 amide bonds. The molecule has 1 aromatic rings. The van der Waals surface area contributed by atoms with Gasteiger partial charge in [0, 0.05) is 9.35 Å². The van der Waals surface area contributed by atoms with E-state index in [2.05, 4.69) is 63.5 Å². The highest BCUT2D eigenvalue weighted by atomic mass is 79.9. The summed E-state index contributed by atoms with van der Waals surface area (Å²) in [7, 11) is -1.84. The van der Waals surface area contributed by atoms with Gasteiger partial charge in [0.2, 0.25) is 8.32 Å². The molecule has 0 bridgehead atoms. The molecule has 1 aliphatic heterocycles. The molecule has 6 heteroatoms. The lowest BCUT2D eigenvalue weighted by molar-refractivity contribution is -0.0217. The van der Waals surface area contributed by atoms with Crippen molar-refractivity contribution in [2.75, 3.05) is 0 Å². The molecule has 0 unspecified atom stereocenters. The van der Waals surface area contributed by atoms with Crippen molar-refractivity contribution in [1.82, 2.24) is 0 Å². The molecule has 0 saturated heterocycles. The zero-order valence-corrected chi connectivity index (χ0v) is 18.2. The van der Waals surface area contributed by atoms with Crippen LogP contribution in [0.15, 0.2) is 23.1 Å². The van der Waals surface area contributed by atoms with Gasteiger partial charge in [0.05, 0.1) is 11.5 Å². The molecular weight excluding hydrogens is 392 g/mol. The maximum Gasteiger partial charge on any atom is 0.275 e. The lowest BCUT2D eigenvalue weighted by Gasteiger charge is -2.42. The van der Waals surface area contributed by atoms with Crippen LogP contribution in [0.1, 0.15) is 57.6 Å². The number of halogens is 1. The minimum absolute atomic E-state index is 0.313. The van der Waals surface area contributed by atoms with Gasteiger partial charge in [0.1, 0.15) is 12.5 Å². The maximum absolute atomic E-state index is 6.68. The molecule has 0 fully saturated rings. The van der Waals surface area contributed by atoms with E-state index in [-0.39, 0.29) is 6.29 Å². The molecule has 2 rings (SSSR count). The van der Waals surface area contributed by atoms with Gasteiger partial charge in [-0.05, 0) is 38.6 Å². The maximum atomic E-state index is 6.68. The Morgan fingerprint density at radius 2 is 1.61 bits per heavy atom. The summed E-state index contributed by atoms with van der Waals surface area (Å²) in [5.74, 6) is 0. The molecule has 0 spiro atoms. The number of rotatable bonds is 7. The molecule has 1 aromatic heterocycles. The SMILES string of the molecule is CC(C)[Si](OCc1sc(C2OC=CO2)cc1Br)(C(C)C)C(C)C. The molecule has 0 N–H and O–H groups in total. The fourth-order valence-electron chi connectivity index (χ4n) is 3.70. The molecule has 0 saturated carbocycles. The Balaban J connectivity index is 2.14. The first-order chi connectivity index (χ1) is 10.8. The largest absolute Gasteiger partial charge is 0.454 e. The Labute approximate surface area is 153 Å². The first-order valence-electron chi connectivity index (χ1n) is 8.17. The third kappa shape index (κ3) is 3.86. The normalized spacial score (nSPS) is 15.7. The Hall–Kier alpha value is -0.303. The Bertz CT molecular complexity index is 524. The van der Waals surface area contributed by atoms with Crippen molar-refractivity contribution in [2.24, 2.45) is 0 Å². The molecule has 0 radical (unpaired) electrons. The number of hydrogen-bond donors (Lipinski definition) is 0. The van der Waals surface area contributed by atoms with E-state index in [1.54, 1.807) is 23.9 Å². The molecule has 1 aliphatic rings. The summed E-state index contributed by atoms with van der Waals surface area (Å²) in [4.78, 5) is 2.27. The number of hydrogen-bond acceptors (Lipinski definition) is 4. The van der Waals surface area contributed by atoms with Crippen LogP contribution in [0.5, 0.6) is 0 Å². The van der Waals surface area contributed by atoms with Crippen LogP contribution in [0, 0.1) is 0 Å². The smallest absolute Gasteiger partial charge is 0.275 e. The molecule has 0 atom stereocenters. The Morgan fingerprint density at radius 3 is 2.09 bits per heavy atom. The monoisotopic (exact) mass is 418 g/mol. The summed E-state index contributed by atoms with van der Waals surface area (Å²) in [5.41, 5.74) is 1.77. The fraction of sp³-hybridized carbons (Fsp3) is 0.647. The van der Waals surface area contributed by atoms with Gasteiger partial charge >= 0.3 is 0 Å². The van der Waals surface area contributed by atoms with E-state index in [1.165, 1.54) is 4.88 Å². The van der Waals surface area contributed by atoms with Crippen molar-refractivity contribution in [3.63, 3.8) is 0 Å². The minimum atomic E-state index is -1.84. The Kier molecular flexibility index (Phi) is 6.39. The van der Waals surface area contributed by atoms with Crippen LogP contribution < -0.4 is 0 Å². The van der Waals surface area contributed by atoms with E-state index < -0.39 is 8.32 Å². The summed E-state index contributed by atoms with van der Waals surface area (Å²) in [6, 6.07) is 2.07. The highest BCUT2D eigenvalue weighted by Crippen LogP contribution is 2.44. The van der Waals surface area contributed by atoms with Gasteiger partial charge in [-0.2, -0.15) is 0 Å². The average Bonchev–Trinajstić information content (AvgIpc) is 3.08. The summed E-state index contributed by atoms with van der Waals surface area (Å²) < 4.78 is 18.6. The van der Waals surface area contributed by atoms with Gasteiger partial charge in [0.15, 0.2) is 0 Å². The zero-order chi connectivity index (χ0) is 17.2. The highest BCUT2D eigenvalue weighted by molar-refractivity contribution is 9.10. The zero-order valence-electron chi connectivity index (χ0n) is 14.8. The predicted molar refractivity (Wildman–Crippen MR) is 102 cm³/mol. The molecule has 23 heavy (non-hydrogen) atoms. The molecule has 0 aromatic carbocycles. The van der Waals surface area contributed by atoms with Crippen LogP contribution in [0.3, 0.4) is 0 Å². The van der Waals surface area contributed by atoms with Gasteiger partial charge in [0.25, 0.3) is 6.29 Å². The minimum Gasteiger partial charge on any atom is -0.454 e. The summed E-state index contributed by atoms with van der Waals surface area (Å²) in [6.07, 6.45) is 2.86. The summed E-state index contributed by atoms with van der Waals surface area (Å²) >= 11 is 5.35. The average molecular weight is 419 g/mol. The van der Waals surface area contributed by atoms with Crippen molar-refractivity contribution in [3.05, 3.63) is 32.8 Å². The fourth-order valence-corrected chi connectivity index (χ4v) is 10.9. The van der Waals surface area contributed by atoms with Gasteiger partial charge in [-0.3, -0.25) is 0 Å².